The highest BCUT2D eigenvalue weighted by Gasteiger charge is 2.21. The van der Waals surface area contributed by atoms with Gasteiger partial charge in [-0.3, -0.25) is 0 Å². The van der Waals surface area contributed by atoms with Crippen LogP contribution >= 0.6 is 11.6 Å². The number of hydrogen-bond acceptors (Lipinski definition) is 3. The first-order valence-electron chi connectivity index (χ1n) is 6.02. The van der Waals surface area contributed by atoms with Crippen LogP contribution in [0.1, 0.15) is 18.4 Å². The lowest BCUT2D eigenvalue weighted by atomic mass is 10.0. The predicted molar refractivity (Wildman–Crippen MR) is 71.6 cm³/mol. The SMILES string of the molecule is CN(c1c(Cl)cccc1CN)C1CCOCC1. The minimum Gasteiger partial charge on any atom is -0.381 e. The zero-order chi connectivity index (χ0) is 12.3. The van der Waals surface area contributed by atoms with Crippen LogP contribution in [0.25, 0.3) is 0 Å². The van der Waals surface area contributed by atoms with E-state index in [1.54, 1.807) is 0 Å². The highest BCUT2D eigenvalue weighted by atomic mass is 35.5. The minimum atomic E-state index is 0.494. The van der Waals surface area contributed by atoms with Gasteiger partial charge in [-0.1, -0.05) is 23.7 Å². The van der Waals surface area contributed by atoms with Gasteiger partial charge in [0.15, 0.2) is 0 Å². The quantitative estimate of drug-likeness (QED) is 0.900. The third kappa shape index (κ3) is 2.73. The first-order chi connectivity index (χ1) is 8.24. The molecule has 0 atom stereocenters. The normalized spacial score (nSPS) is 17.1. The molecule has 2 N–H and O–H groups in total. The number of anilines is 1. The number of hydrogen-bond donors (Lipinski definition) is 1. The van der Waals surface area contributed by atoms with Crippen LogP contribution in [0.5, 0.6) is 0 Å². The van der Waals surface area contributed by atoms with Crippen LogP contribution in [-0.4, -0.2) is 26.3 Å². The number of rotatable bonds is 3. The van der Waals surface area contributed by atoms with E-state index in [2.05, 4.69) is 11.9 Å². The van der Waals surface area contributed by atoms with Crippen molar-refractivity contribution in [2.45, 2.75) is 25.4 Å². The molecule has 0 aromatic heterocycles. The largest absolute Gasteiger partial charge is 0.381 e. The van der Waals surface area contributed by atoms with Crippen LogP contribution < -0.4 is 10.6 Å². The maximum atomic E-state index is 6.29. The molecule has 0 amide bonds. The Balaban J connectivity index is 2.25. The number of halogens is 1. The molecular weight excluding hydrogens is 236 g/mol. The Morgan fingerprint density at radius 1 is 1.41 bits per heavy atom. The molecule has 1 aliphatic rings. The molecule has 1 aromatic carbocycles. The zero-order valence-corrected chi connectivity index (χ0v) is 10.9. The van der Waals surface area contributed by atoms with E-state index >= 15 is 0 Å². The molecule has 2 rings (SSSR count). The van der Waals surface area contributed by atoms with Gasteiger partial charge < -0.3 is 15.4 Å². The van der Waals surface area contributed by atoms with Crippen molar-refractivity contribution in [1.29, 1.82) is 0 Å². The Bertz CT molecular complexity index is 378. The highest BCUT2D eigenvalue weighted by Crippen LogP contribution is 2.32. The molecule has 4 heteroatoms. The third-order valence-corrected chi connectivity index (χ3v) is 3.69. The molecule has 1 fully saturated rings. The summed E-state index contributed by atoms with van der Waals surface area (Å²) in [6.45, 7) is 2.18. The Morgan fingerprint density at radius 2 is 2.12 bits per heavy atom. The van der Waals surface area contributed by atoms with Gasteiger partial charge in [0.2, 0.25) is 0 Å². The summed E-state index contributed by atoms with van der Waals surface area (Å²) < 4.78 is 5.39. The van der Waals surface area contributed by atoms with E-state index in [1.165, 1.54) is 0 Å². The fourth-order valence-corrected chi connectivity index (χ4v) is 2.70. The van der Waals surface area contributed by atoms with Crippen molar-refractivity contribution in [3.05, 3.63) is 28.8 Å². The van der Waals surface area contributed by atoms with E-state index in [-0.39, 0.29) is 0 Å². The molecule has 1 saturated heterocycles. The van der Waals surface area contributed by atoms with Gasteiger partial charge >= 0.3 is 0 Å². The Labute approximate surface area is 107 Å². The molecule has 1 heterocycles. The number of para-hydroxylation sites is 1. The van der Waals surface area contributed by atoms with Crippen LogP contribution in [0.2, 0.25) is 5.02 Å². The second-order valence-electron chi connectivity index (χ2n) is 4.41. The van der Waals surface area contributed by atoms with E-state index in [1.807, 2.05) is 18.2 Å². The van der Waals surface area contributed by atoms with Crippen LogP contribution in [-0.2, 0) is 11.3 Å². The summed E-state index contributed by atoms with van der Waals surface area (Å²) in [5, 5.41) is 0.780. The fraction of sp³-hybridized carbons (Fsp3) is 0.538. The lowest BCUT2D eigenvalue weighted by Gasteiger charge is -2.34. The molecule has 0 aliphatic carbocycles. The smallest absolute Gasteiger partial charge is 0.0642 e. The van der Waals surface area contributed by atoms with Gasteiger partial charge in [0.1, 0.15) is 0 Å². The van der Waals surface area contributed by atoms with Crippen molar-refractivity contribution in [2.24, 2.45) is 5.73 Å². The molecule has 0 spiro atoms. The van der Waals surface area contributed by atoms with Gasteiger partial charge in [-0.2, -0.15) is 0 Å². The second-order valence-corrected chi connectivity index (χ2v) is 4.81. The molecule has 1 aromatic rings. The lowest BCUT2D eigenvalue weighted by Crippen LogP contribution is -2.37. The monoisotopic (exact) mass is 254 g/mol. The Hall–Kier alpha value is -0.770. The number of nitrogens with zero attached hydrogens (tertiary/aromatic N) is 1. The molecule has 0 saturated carbocycles. The molecule has 0 radical (unpaired) electrons. The van der Waals surface area contributed by atoms with Gasteiger partial charge in [0.25, 0.3) is 0 Å². The van der Waals surface area contributed by atoms with Crippen molar-refractivity contribution in [1.82, 2.24) is 0 Å². The summed E-state index contributed by atoms with van der Waals surface area (Å²) in [5.41, 5.74) is 7.95. The Kier molecular flexibility index (Phi) is 4.26. The number of ether oxygens (including phenoxy) is 1. The van der Waals surface area contributed by atoms with E-state index in [9.17, 15) is 0 Å². The van der Waals surface area contributed by atoms with Crippen molar-refractivity contribution in [3.8, 4) is 0 Å². The molecular formula is C13H19ClN2O. The Morgan fingerprint density at radius 3 is 2.76 bits per heavy atom. The molecule has 3 nitrogen and oxygen atoms in total. The van der Waals surface area contributed by atoms with Gasteiger partial charge in [0, 0.05) is 32.8 Å². The standard InChI is InChI=1S/C13H19ClN2O/c1-16(11-5-7-17-8-6-11)13-10(9-15)3-2-4-12(13)14/h2-4,11H,5-9,15H2,1H3. The van der Waals surface area contributed by atoms with Crippen molar-refractivity contribution in [2.75, 3.05) is 25.2 Å². The maximum Gasteiger partial charge on any atom is 0.0642 e. The minimum absolute atomic E-state index is 0.494. The number of benzene rings is 1. The third-order valence-electron chi connectivity index (χ3n) is 3.38. The van der Waals surface area contributed by atoms with Crippen molar-refractivity contribution in [3.63, 3.8) is 0 Å². The van der Waals surface area contributed by atoms with Gasteiger partial charge in [0.05, 0.1) is 10.7 Å². The predicted octanol–water partition coefficient (Wildman–Crippen LogP) is 2.41. The molecule has 1 aliphatic heterocycles. The van der Waals surface area contributed by atoms with Crippen LogP contribution in [0.3, 0.4) is 0 Å². The van der Waals surface area contributed by atoms with Crippen molar-refractivity contribution < 1.29 is 4.74 Å². The molecule has 17 heavy (non-hydrogen) atoms. The summed E-state index contributed by atoms with van der Waals surface area (Å²) in [6, 6.07) is 6.41. The van der Waals surface area contributed by atoms with Gasteiger partial charge in [-0.25, -0.2) is 0 Å². The maximum absolute atomic E-state index is 6.29. The van der Waals surface area contributed by atoms with Crippen LogP contribution in [0.4, 0.5) is 5.69 Å². The van der Waals surface area contributed by atoms with Crippen molar-refractivity contribution >= 4 is 17.3 Å². The number of nitrogens with two attached hydrogens (primary N) is 1. The summed E-state index contributed by atoms with van der Waals surface area (Å²) in [6.07, 6.45) is 2.09. The van der Waals surface area contributed by atoms with E-state index in [0.29, 0.717) is 12.6 Å². The molecule has 94 valence electrons. The lowest BCUT2D eigenvalue weighted by molar-refractivity contribution is 0.0854. The second kappa shape index (κ2) is 5.71. The van der Waals surface area contributed by atoms with E-state index in [0.717, 1.165) is 42.3 Å². The highest BCUT2D eigenvalue weighted by molar-refractivity contribution is 6.33. The van der Waals surface area contributed by atoms with Gasteiger partial charge in [-0.15, -0.1) is 0 Å². The first kappa shape index (κ1) is 12.7. The van der Waals surface area contributed by atoms with Gasteiger partial charge in [-0.05, 0) is 24.5 Å². The van der Waals surface area contributed by atoms with Crippen LogP contribution in [0, 0.1) is 0 Å². The topological polar surface area (TPSA) is 38.5 Å². The van der Waals surface area contributed by atoms with Crippen LogP contribution in [0.15, 0.2) is 18.2 Å². The zero-order valence-electron chi connectivity index (χ0n) is 10.2. The average Bonchev–Trinajstić information content (AvgIpc) is 2.38. The summed E-state index contributed by atoms with van der Waals surface area (Å²) in [7, 11) is 2.09. The van der Waals surface area contributed by atoms with E-state index < -0.39 is 0 Å². The fourth-order valence-electron chi connectivity index (χ4n) is 2.37. The summed E-state index contributed by atoms with van der Waals surface area (Å²) in [4.78, 5) is 2.26. The average molecular weight is 255 g/mol. The molecule has 0 bridgehead atoms. The summed E-state index contributed by atoms with van der Waals surface area (Å²) >= 11 is 6.29. The van der Waals surface area contributed by atoms with E-state index in [4.69, 9.17) is 22.1 Å². The summed E-state index contributed by atoms with van der Waals surface area (Å²) in [5.74, 6) is 0. The molecule has 0 unspecified atom stereocenters. The first-order valence-corrected chi connectivity index (χ1v) is 6.40.